The topological polar surface area (TPSA) is 56.8 Å². The normalized spacial score (nSPS) is 12.7. The Morgan fingerprint density at radius 2 is 1.91 bits per heavy atom. The van der Waals surface area contributed by atoms with Crippen LogP contribution in [0.1, 0.15) is 15.9 Å². The van der Waals surface area contributed by atoms with Crippen LogP contribution in [0, 0.1) is 6.92 Å². The van der Waals surface area contributed by atoms with Crippen molar-refractivity contribution in [3.8, 4) is 17.2 Å². The molecule has 0 aromatic heterocycles. The Kier molecular flexibility index (Phi) is 4.30. The van der Waals surface area contributed by atoms with Gasteiger partial charge in [-0.05, 0) is 36.8 Å². The smallest absolute Gasteiger partial charge is 0.255 e. The fourth-order valence-electron chi connectivity index (χ4n) is 2.31. The van der Waals surface area contributed by atoms with Gasteiger partial charge < -0.3 is 19.5 Å². The molecule has 1 aliphatic rings. The first-order valence-electron chi connectivity index (χ1n) is 7.13. The van der Waals surface area contributed by atoms with E-state index in [1.54, 1.807) is 30.3 Å². The highest BCUT2D eigenvalue weighted by molar-refractivity contribution is 6.31. The summed E-state index contributed by atoms with van der Waals surface area (Å²) < 4.78 is 16.2. The Hall–Kier alpha value is -2.40. The molecule has 120 valence electrons. The number of hydrogen-bond acceptors (Lipinski definition) is 4. The molecule has 1 amide bonds. The summed E-state index contributed by atoms with van der Waals surface area (Å²) in [7, 11) is 1.53. The molecule has 0 aliphatic carbocycles. The summed E-state index contributed by atoms with van der Waals surface area (Å²) in [5.74, 6) is 1.46. The minimum Gasteiger partial charge on any atom is -0.495 e. The van der Waals surface area contributed by atoms with Crippen LogP contribution in [0.25, 0.3) is 0 Å². The van der Waals surface area contributed by atoms with Crippen molar-refractivity contribution in [3.63, 3.8) is 0 Å². The maximum atomic E-state index is 12.5. The zero-order valence-electron chi connectivity index (χ0n) is 12.8. The predicted octanol–water partition coefficient (Wildman–Crippen LogP) is 3.68. The van der Waals surface area contributed by atoms with Crippen molar-refractivity contribution >= 4 is 23.2 Å². The van der Waals surface area contributed by atoms with E-state index < -0.39 is 0 Å². The molecule has 0 saturated carbocycles. The van der Waals surface area contributed by atoms with Crippen LogP contribution in [0.5, 0.6) is 17.2 Å². The molecule has 1 heterocycles. The van der Waals surface area contributed by atoms with E-state index in [1.807, 2.05) is 6.92 Å². The van der Waals surface area contributed by atoms with Gasteiger partial charge in [-0.15, -0.1) is 0 Å². The van der Waals surface area contributed by atoms with Crippen LogP contribution >= 0.6 is 11.6 Å². The second-order valence-electron chi connectivity index (χ2n) is 5.11. The van der Waals surface area contributed by atoms with Gasteiger partial charge in [-0.25, -0.2) is 0 Å². The fraction of sp³-hybridized carbons (Fsp3) is 0.235. The monoisotopic (exact) mass is 333 g/mol. The third kappa shape index (κ3) is 3.19. The van der Waals surface area contributed by atoms with Crippen LogP contribution in [0.15, 0.2) is 30.3 Å². The lowest BCUT2D eigenvalue weighted by Crippen LogP contribution is -2.17. The number of fused-ring (bicyclic) bond motifs is 1. The van der Waals surface area contributed by atoms with Crippen LogP contribution in [0.4, 0.5) is 5.69 Å². The largest absolute Gasteiger partial charge is 0.495 e. The number of rotatable bonds is 3. The van der Waals surface area contributed by atoms with Crippen LogP contribution < -0.4 is 19.5 Å². The van der Waals surface area contributed by atoms with Gasteiger partial charge in [0.25, 0.3) is 5.91 Å². The third-order valence-corrected chi connectivity index (χ3v) is 3.94. The first-order valence-corrected chi connectivity index (χ1v) is 7.51. The molecule has 1 N–H and O–H groups in total. The van der Waals surface area contributed by atoms with Crippen LogP contribution in [-0.4, -0.2) is 26.2 Å². The number of anilines is 1. The molecule has 2 aromatic rings. The second kappa shape index (κ2) is 6.38. The molecule has 0 bridgehead atoms. The number of carbonyl (C=O) groups excluding carboxylic acids is 1. The molecule has 0 saturated heterocycles. The average Bonchev–Trinajstić information content (AvgIpc) is 2.57. The van der Waals surface area contributed by atoms with Crippen molar-refractivity contribution in [2.24, 2.45) is 0 Å². The first kappa shape index (κ1) is 15.5. The van der Waals surface area contributed by atoms with Crippen molar-refractivity contribution in [3.05, 3.63) is 46.5 Å². The zero-order valence-corrected chi connectivity index (χ0v) is 13.6. The number of amides is 1. The lowest BCUT2D eigenvalue weighted by molar-refractivity contribution is 0.102. The van der Waals surface area contributed by atoms with Crippen molar-refractivity contribution in [2.45, 2.75) is 6.92 Å². The highest BCUT2D eigenvalue weighted by Gasteiger charge is 2.16. The van der Waals surface area contributed by atoms with Crippen LogP contribution in [-0.2, 0) is 0 Å². The Morgan fingerprint density at radius 3 is 2.65 bits per heavy atom. The van der Waals surface area contributed by atoms with E-state index in [0.29, 0.717) is 46.7 Å². The van der Waals surface area contributed by atoms with Gasteiger partial charge >= 0.3 is 0 Å². The number of ether oxygens (including phenoxy) is 3. The van der Waals surface area contributed by atoms with Crippen molar-refractivity contribution in [2.75, 3.05) is 25.6 Å². The molecular formula is C17H16ClNO4. The summed E-state index contributed by atoms with van der Waals surface area (Å²) in [5, 5.41) is 3.42. The van der Waals surface area contributed by atoms with Crippen LogP contribution in [0.2, 0.25) is 5.02 Å². The van der Waals surface area contributed by atoms with E-state index >= 15 is 0 Å². The van der Waals surface area contributed by atoms with Gasteiger partial charge in [-0.2, -0.15) is 0 Å². The number of nitrogens with one attached hydrogen (secondary N) is 1. The highest BCUT2D eigenvalue weighted by atomic mass is 35.5. The van der Waals surface area contributed by atoms with Gasteiger partial charge in [0.05, 0.1) is 12.8 Å². The van der Waals surface area contributed by atoms with Gasteiger partial charge in [0.1, 0.15) is 19.0 Å². The second-order valence-corrected chi connectivity index (χ2v) is 5.52. The molecular weight excluding hydrogens is 318 g/mol. The predicted molar refractivity (Wildman–Crippen MR) is 88.1 cm³/mol. The van der Waals surface area contributed by atoms with Gasteiger partial charge in [0.15, 0.2) is 11.5 Å². The molecule has 6 heteroatoms. The highest BCUT2D eigenvalue weighted by Crippen LogP contribution is 2.33. The summed E-state index contributed by atoms with van der Waals surface area (Å²) in [6.45, 7) is 2.85. The SMILES string of the molecule is COc1cc(Cl)c(C)cc1NC(=O)c1ccc2c(c1)OCCO2. The lowest BCUT2D eigenvalue weighted by Gasteiger charge is -2.19. The van der Waals surface area contributed by atoms with Crippen molar-refractivity contribution in [1.29, 1.82) is 0 Å². The molecule has 0 fully saturated rings. The Bertz CT molecular complexity index is 760. The Balaban J connectivity index is 1.86. The third-order valence-electron chi connectivity index (χ3n) is 3.53. The lowest BCUT2D eigenvalue weighted by atomic mass is 10.1. The number of aryl methyl sites for hydroxylation is 1. The van der Waals surface area contributed by atoms with E-state index in [4.69, 9.17) is 25.8 Å². The van der Waals surface area contributed by atoms with E-state index in [-0.39, 0.29) is 5.91 Å². The standard InChI is InChI=1S/C17H16ClNO4/c1-10-7-13(15(21-2)9-12(10)18)19-17(20)11-3-4-14-16(8-11)23-6-5-22-14/h3-4,7-9H,5-6H2,1-2H3,(H,19,20). The zero-order chi connectivity index (χ0) is 16.4. The molecule has 2 aromatic carbocycles. The van der Waals surface area contributed by atoms with Gasteiger partial charge in [0, 0.05) is 16.7 Å². The molecule has 1 aliphatic heterocycles. The number of carbonyl (C=O) groups is 1. The quantitative estimate of drug-likeness (QED) is 0.931. The van der Waals surface area contributed by atoms with E-state index in [0.717, 1.165) is 5.56 Å². The minimum absolute atomic E-state index is 0.262. The van der Waals surface area contributed by atoms with Crippen molar-refractivity contribution in [1.82, 2.24) is 0 Å². The summed E-state index contributed by atoms with van der Waals surface area (Å²) >= 11 is 6.07. The van der Waals surface area contributed by atoms with Gasteiger partial charge in [-0.1, -0.05) is 11.6 Å². The molecule has 23 heavy (non-hydrogen) atoms. The van der Waals surface area contributed by atoms with Crippen LogP contribution in [0.3, 0.4) is 0 Å². The fourth-order valence-corrected chi connectivity index (χ4v) is 2.46. The summed E-state index contributed by atoms with van der Waals surface area (Å²) in [6.07, 6.45) is 0. The average molecular weight is 334 g/mol. The maximum Gasteiger partial charge on any atom is 0.255 e. The van der Waals surface area contributed by atoms with E-state index in [1.165, 1.54) is 7.11 Å². The molecule has 0 unspecified atom stereocenters. The maximum absolute atomic E-state index is 12.5. The van der Waals surface area contributed by atoms with Gasteiger partial charge in [0.2, 0.25) is 0 Å². The molecule has 3 rings (SSSR count). The number of halogens is 1. The summed E-state index contributed by atoms with van der Waals surface area (Å²) in [4.78, 5) is 12.5. The van der Waals surface area contributed by atoms with Crippen molar-refractivity contribution < 1.29 is 19.0 Å². The summed E-state index contributed by atoms with van der Waals surface area (Å²) in [5.41, 5.74) is 1.89. The number of benzene rings is 2. The summed E-state index contributed by atoms with van der Waals surface area (Å²) in [6, 6.07) is 8.54. The molecule has 0 radical (unpaired) electrons. The Morgan fingerprint density at radius 1 is 1.17 bits per heavy atom. The molecule has 0 spiro atoms. The molecule has 0 atom stereocenters. The first-order chi connectivity index (χ1) is 11.1. The molecule has 5 nitrogen and oxygen atoms in total. The number of methoxy groups -OCH3 is 1. The Labute approximate surface area is 139 Å². The van der Waals surface area contributed by atoms with E-state index in [9.17, 15) is 4.79 Å². The van der Waals surface area contributed by atoms with Gasteiger partial charge in [-0.3, -0.25) is 4.79 Å². The van der Waals surface area contributed by atoms with E-state index in [2.05, 4.69) is 5.32 Å². The number of hydrogen-bond donors (Lipinski definition) is 1. The minimum atomic E-state index is -0.262.